The number of carbonyl (C=O) groups is 2. The molecular formula is C38H56N2O2S2. The van der Waals surface area contributed by atoms with Crippen LogP contribution in [0, 0.1) is 22.7 Å². The fraction of sp³-hybridized carbons (Fsp3) is 0.632. The number of amides is 2. The summed E-state index contributed by atoms with van der Waals surface area (Å²) in [5, 5.41) is 0. The number of hydrogen-bond acceptors (Lipinski definition) is 4. The van der Waals surface area contributed by atoms with Crippen LogP contribution in [0.2, 0.25) is 0 Å². The molecule has 0 radical (unpaired) electrons. The maximum absolute atomic E-state index is 13.3. The number of nitrogens with two attached hydrogens (primary N) is 2. The molecule has 2 aromatic rings. The highest BCUT2D eigenvalue weighted by atomic mass is 33.1. The van der Waals surface area contributed by atoms with Crippen LogP contribution in [0.4, 0.5) is 0 Å². The first-order valence-electron chi connectivity index (χ1n) is 17.4. The van der Waals surface area contributed by atoms with Gasteiger partial charge in [-0.05, 0) is 85.5 Å². The van der Waals surface area contributed by atoms with Crippen LogP contribution in [-0.4, -0.2) is 11.8 Å². The molecule has 242 valence electrons. The number of primary amides is 2. The molecule has 4 rings (SSSR count). The third-order valence-electron chi connectivity index (χ3n) is 11.5. The van der Waals surface area contributed by atoms with Crippen LogP contribution < -0.4 is 11.5 Å². The second-order valence-electron chi connectivity index (χ2n) is 13.7. The summed E-state index contributed by atoms with van der Waals surface area (Å²) in [6.07, 6.45) is 14.2. The zero-order valence-electron chi connectivity index (χ0n) is 27.6. The van der Waals surface area contributed by atoms with Crippen molar-refractivity contribution in [3.63, 3.8) is 0 Å². The van der Waals surface area contributed by atoms with Gasteiger partial charge in [0.2, 0.25) is 11.8 Å². The van der Waals surface area contributed by atoms with E-state index in [0.717, 1.165) is 89.9 Å². The summed E-state index contributed by atoms with van der Waals surface area (Å²) < 4.78 is 0. The van der Waals surface area contributed by atoms with Crippen LogP contribution in [0.3, 0.4) is 0 Å². The number of benzene rings is 2. The highest BCUT2D eigenvalue weighted by Gasteiger charge is 2.49. The second-order valence-corrected chi connectivity index (χ2v) is 15.9. The Kier molecular flexibility index (Phi) is 12.8. The van der Waals surface area contributed by atoms with Gasteiger partial charge in [-0.3, -0.25) is 9.59 Å². The van der Waals surface area contributed by atoms with E-state index in [-0.39, 0.29) is 23.7 Å². The van der Waals surface area contributed by atoms with Crippen LogP contribution in [0.25, 0.3) is 0 Å². The average molecular weight is 637 g/mol. The van der Waals surface area contributed by atoms with Crippen LogP contribution in [0.15, 0.2) is 58.3 Å². The van der Waals surface area contributed by atoms with Gasteiger partial charge in [-0.1, -0.05) is 137 Å². The molecule has 4 nitrogen and oxygen atoms in total. The Morgan fingerprint density at radius 2 is 1.02 bits per heavy atom. The van der Waals surface area contributed by atoms with Crippen LogP contribution in [0.5, 0.6) is 0 Å². The van der Waals surface area contributed by atoms with Crippen molar-refractivity contribution in [2.45, 2.75) is 139 Å². The Labute approximate surface area is 275 Å². The first-order chi connectivity index (χ1) is 21.3. The summed E-state index contributed by atoms with van der Waals surface area (Å²) in [5.74, 6) is 1.04. The maximum atomic E-state index is 13.3. The lowest BCUT2D eigenvalue weighted by Gasteiger charge is -2.45. The smallest absolute Gasteiger partial charge is 0.224 e. The number of rotatable bonds is 15. The van der Waals surface area contributed by atoms with Crippen molar-refractivity contribution in [3.8, 4) is 0 Å². The van der Waals surface area contributed by atoms with Gasteiger partial charge in [0.15, 0.2) is 0 Å². The second kappa shape index (κ2) is 16.1. The standard InChI is InChI=1S/C38H56N2O2S2/c1-5-27(6-2)25-37(35(39)41)23-15-13-19-31(37)29-17-9-11-21-33(29)43-44-34-22-12-10-18-30(34)32-20-14-16-24-38(32,36(40)42)26-28(7-3)8-4/h9-12,17-18,21-22,27-28,31-32H,5-8,13-16,19-20,23-26H2,1-4H3,(H2,39,41)(H2,40,42). The van der Waals surface area contributed by atoms with E-state index in [1.807, 2.05) is 0 Å². The lowest BCUT2D eigenvalue weighted by atomic mass is 9.59. The summed E-state index contributed by atoms with van der Waals surface area (Å²) in [5.41, 5.74) is 14.2. The predicted octanol–water partition coefficient (Wildman–Crippen LogP) is 10.4. The van der Waals surface area contributed by atoms with Crippen LogP contribution in [0.1, 0.15) is 141 Å². The van der Waals surface area contributed by atoms with Crippen molar-refractivity contribution >= 4 is 33.4 Å². The predicted molar refractivity (Wildman–Crippen MR) is 188 cm³/mol. The highest BCUT2D eigenvalue weighted by Crippen LogP contribution is 2.57. The van der Waals surface area contributed by atoms with Crippen molar-refractivity contribution in [1.82, 2.24) is 0 Å². The lowest BCUT2D eigenvalue weighted by Crippen LogP contribution is -2.45. The molecule has 2 saturated carbocycles. The van der Waals surface area contributed by atoms with E-state index in [4.69, 9.17) is 11.5 Å². The van der Waals surface area contributed by atoms with Gasteiger partial charge in [0.05, 0.1) is 10.8 Å². The van der Waals surface area contributed by atoms with Gasteiger partial charge >= 0.3 is 0 Å². The van der Waals surface area contributed by atoms with E-state index in [1.54, 1.807) is 21.6 Å². The lowest BCUT2D eigenvalue weighted by molar-refractivity contribution is -0.133. The van der Waals surface area contributed by atoms with E-state index in [2.05, 4.69) is 76.2 Å². The molecule has 2 aliphatic carbocycles. The molecule has 2 aliphatic rings. The van der Waals surface area contributed by atoms with E-state index in [0.29, 0.717) is 11.8 Å². The number of hydrogen-bond donors (Lipinski definition) is 2. The minimum Gasteiger partial charge on any atom is -0.369 e. The molecule has 2 amide bonds. The molecule has 44 heavy (non-hydrogen) atoms. The fourth-order valence-corrected chi connectivity index (χ4v) is 11.1. The minimum absolute atomic E-state index is 0.121. The summed E-state index contributed by atoms with van der Waals surface area (Å²) >= 11 is 0. The average Bonchev–Trinajstić information content (AvgIpc) is 3.05. The molecule has 0 bridgehead atoms. The molecule has 2 fully saturated rings. The SMILES string of the molecule is CCC(CC)CC1(C(N)=O)CCCCC1c1ccccc1SSc1ccccc1C1CCCCC1(CC(CC)CC)C(N)=O. The van der Waals surface area contributed by atoms with Gasteiger partial charge in [-0.2, -0.15) is 0 Å². The zero-order valence-corrected chi connectivity index (χ0v) is 29.2. The summed E-state index contributed by atoms with van der Waals surface area (Å²) in [6, 6.07) is 17.4. The van der Waals surface area contributed by atoms with Gasteiger partial charge in [-0.15, -0.1) is 0 Å². The van der Waals surface area contributed by atoms with Crippen LogP contribution >= 0.6 is 21.6 Å². The third kappa shape index (κ3) is 7.38. The topological polar surface area (TPSA) is 86.2 Å². The Morgan fingerprint density at radius 1 is 0.659 bits per heavy atom. The molecule has 4 atom stereocenters. The largest absolute Gasteiger partial charge is 0.369 e. The van der Waals surface area contributed by atoms with E-state index in [9.17, 15) is 9.59 Å². The van der Waals surface area contributed by atoms with Gasteiger partial charge in [0.25, 0.3) is 0 Å². The minimum atomic E-state index is -0.494. The van der Waals surface area contributed by atoms with Crippen molar-refractivity contribution in [2.75, 3.05) is 0 Å². The third-order valence-corrected chi connectivity index (χ3v) is 14.0. The van der Waals surface area contributed by atoms with E-state index >= 15 is 0 Å². The molecule has 0 aromatic heterocycles. The highest BCUT2D eigenvalue weighted by molar-refractivity contribution is 8.76. The van der Waals surface area contributed by atoms with Gasteiger partial charge < -0.3 is 11.5 Å². The van der Waals surface area contributed by atoms with Crippen LogP contribution in [-0.2, 0) is 9.59 Å². The molecule has 6 heteroatoms. The Balaban J connectivity index is 1.67. The van der Waals surface area contributed by atoms with Gasteiger partial charge in [0.1, 0.15) is 0 Å². The molecule has 4 N–H and O–H groups in total. The van der Waals surface area contributed by atoms with E-state index < -0.39 is 10.8 Å². The van der Waals surface area contributed by atoms with Gasteiger partial charge in [0, 0.05) is 9.79 Å². The fourth-order valence-electron chi connectivity index (χ4n) is 8.63. The monoisotopic (exact) mass is 636 g/mol. The Morgan fingerprint density at radius 3 is 1.36 bits per heavy atom. The Hall–Kier alpha value is -1.92. The quantitative estimate of drug-likeness (QED) is 0.190. The summed E-state index contributed by atoms with van der Waals surface area (Å²) in [4.78, 5) is 29.1. The van der Waals surface area contributed by atoms with Crippen molar-refractivity contribution in [1.29, 1.82) is 0 Å². The van der Waals surface area contributed by atoms with E-state index in [1.165, 1.54) is 20.9 Å². The maximum Gasteiger partial charge on any atom is 0.224 e. The first-order valence-corrected chi connectivity index (χ1v) is 19.5. The summed E-state index contributed by atoms with van der Waals surface area (Å²) in [6.45, 7) is 8.95. The molecule has 0 spiro atoms. The van der Waals surface area contributed by atoms with Crippen molar-refractivity contribution in [2.24, 2.45) is 34.1 Å². The zero-order chi connectivity index (χ0) is 31.7. The molecular weight excluding hydrogens is 581 g/mol. The molecule has 2 aromatic carbocycles. The molecule has 4 unspecified atom stereocenters. The molecule has 0 saturated heterocycles. The van der Waals surface area contributed by atoms with Gasteiger partial charge in [-0.25, -0.2) is 0 Å². The molecule has 0 aliphatic heterocycles. The molecule has 0 heterocycles. The first kappa shape index (κ1) is 34.9. The van der Waals surface area contributed by atoms with Crippen molar-refractivity contribution in [3.05, 3.63) is 59.7 Å². The normalized spacial score (nSPS) is 25.8. The summed E-state index contributed by atoms with van der Waals surface area (Å²) in [7, 11) is 3.59. The number of carbonyl (C=O) groups excluding carboxylic acids is 2. The van der Waals surface area contributed by atoms with Crippen molar-refractivity contribution < 1.29 is 9.59 Å². The Bertz CT molecular complexity index is 1150.